The number of hydrogen-bond donors (Lipinski definition) is 1. The summed E-state index contributed by atoms with van der Waals surface area (Å²) in [7, 11) is 0. The SMILES string of the molecule is CC(C)CC(CNC(=O)c1cn(-c2ncccn2)c2nccc(Cl)c12)N1CCCCC1. The number of rotatable bonds is 7. The number of aromatic nitrogens is 4. The first-order valence-corrected chi connectivity index (χ1v) is 11.4. The smallest absolute Gasteiger partial charge is 0.253 e. The number of likely N-dealkylation sites (tertiary alicyclic amines) is 1. The van der Waals surface area contributed by atoms with E-state index in [4.69, 9.17) is 11.6 Å². The number of amides is 1. The molecule has 1 aliphatic heterocycles. The molecular weight excluding hydrogens is 412 g/mol. The normalized spacial score (nSPS) is 16.0. The van der Waals surface area contributed by atoms with Crippen LogP contribution >= 0.6 is 11.6 Å². The zero-order valence-corrected chi connectivity index (χ0v) is 18.8. The highest BCUT2D eigenvalue weighted by molar-refractivity contribution is 6.36. The van der Waals surface area contributed by atoms with Crippen LogP contribution < -0.4 is 5.32 Å². The van der Waals surface area contributed by atoms with E-state index in [1.807, 2.05) is 0 Å². The zero-order valence-electron chi connectivity index (χ0n) is 18.1. The Kier molecular flexibility index (Phi) is 6.83. The topological polar surface area (TPSA) is 75.9 Å². The molecule has 1 fully saturated rings. The third-order valence-electron chi connectivity index (χ3n) is 5.80. The summed E-state index contributed by atoms with van der Waals surface area (Å²) >= 11 is 6.48. The number of nitrogens with one attached hydrogen (secondary N) is 1. The molecule has 0 bridgehead atoms. The minimum absolute atomic E-state index is 0.152. The standard InChI is InChI=1S/C23H29ClN6O/c1-16(2)13-17(29-11-4-3-5-12-29)14-28-22(31)18-15-30(23-26-8-6-9-27-23)21-20(18)19(24)7-10-25-21/h6-10,15-17H,3-5,11-14H2,1-2H3,(H,28,31). The van der Waals surface area contributed by atoms with E-state index in [1.165, 1.54) is 19.3 Å². The third-order valence-corrected chi connectivity index (χ3v) is 6.11. The summed E-state index contributed by atoms with van der Waals surface area (Å²) in [5.41, 5.74) is 1.06. The Balaban J connectivity index is 1.60. The van der Waals surface area contributed by atoms with Crippen LogP contribution in [0.25, 0.3) is 17.0 Å². The third kappa shape index (κ3) is 4.88. The summed E-state index contributed by atoms with van der Waals surface area (Å²) in [5.74, 6) is 0.868. The minimum atomic E-state index is -0.152. The fourth-order valence-electron chi connectivity index (χ4n) is 4.35. The van der Waals surface area contributed by atoms with Gasteiger partial charge in [0.15, 0.2) is 0 Å². The molecule has 3 aromatic heterocycles. The van der Waals surface area contributed by atoms with Crippen LogP contribution in [-0.2, 0) is 0 Å². The first-order chi connectivity index (χ1) is 15.0. The largest absolute Gasteiger partial charge is 0.350 e. The van der Waals surface area contributed by atoms with Gasteiger partial charge in [0, 0.05) is 37.4 Å². The molecule has 1 N–H and O–H groups in total. The van der Waals surface area contributed by atoms with E-state index in [-0.39, 0.29) is 5.91 Å². The molecule has 4 heterocycles. The second kappa shape index (κ2) is 9.75. The number of pyridine rings is 1. The van der Waals surface area contributed by atoms with Gasteiger partial charge in [0.25, 0.3) is 5.91 Å². The maximum absolute atomic E-state index is 13.3. The summed E-state index contributed by atoms with van der Waals surface area (Å²) in [6.07, 6.45) is 11.5. The summed E-state index contributed by atoms with van der Waals surface area (Å²) in [4.78, 5) is 28.8. The van der Waals surface area contributed by atoms with Gasteiger partial charge in [-0.25, -0.2) is 15.0 Å². The first kappa shape index (κ1) is 21.7. The summed E-state index contributed by atoms with van der Waals surface area (Å²) in [6, 6.07) is 3.79. The lowest BCUT2D eigenvalue weighted by atomic mass is 9.99. The fraction of sp³-hybridized carbons (Fsp3) is 0.478. The highest BCUT2D eigenvalue weighted by atomic mass is 35.5. The van der Waals surface area contributed by atoms with Crippen LogP contribution in [0, 0.1) is 5.92 Å². The molecule has 0 radical (unpaired) electrons. The second-order valence-corrected chi connectivity index (χ2v) is 8.95. The first-order valence-electron chi connectivity index (χ1n) is 11.0. The van der Waals surface area contributed by atoms with Crippen LogP contribution in [0.15, 0.2) is 36.9 Å². The van der Waals surface area contributed by atoms with E-state index in [9.17, 15) is 4.79 Å². The van der Waals surface area contributed by atoms with E-state index in [0.717, 1.165) is 19.5 Å². The van der Waals surface area contributed by atoms with E-state index in [0.29, 0.717) is 46.1 Å². The summed E-state index contributed by atoms with van der Waals surface area (Å²) < 4.78 is 1.71. The molecule has 4 rings (SSSR count). The number of hydrogen-bond acceptors (Lipinski definition) is 5. The molecule has 3 aromatic rings. The average Bonchev–Trinajstić information content (AvgIpc) is 3.18. The zero-order chi connectivity index (χ0) is 21.8. The lowest BCUT2D eigenvalue weighted by molar-refractivity contribution is 0.0914. The number of carbonyl (C=O) groups excluding carboxylic acids is 1. The molecule has 0 aromatic carbocycles. The van der Waals surface area contributed by atoms with Gasteiger partial charge in [-0.05, 0) is 50.4 Å². The van der Waals surface area contributed by atoms with E-state index in [1.54, 1.807) is 41.5 Å². The van der Waals surface area contributed by atoms with Gasteiger partial charge in [-0.1, -0.05) is 31.9 Å². The molecule has 8 heteroatoms. The quantitative estimate of drug-likeness (QED) is 0.598. The lowest BCUT2D eigenvalue weighted by Gasteiger charge is -2.35. The maximum atomic E-state index is 13.3. The van der Waals surface area contributed by atoms with Gasteiger partial charge < -0.3 is 5.32 Å². The number of fused-ring (bicyclic) bond motifs is 1. The average molecular weight is 441 g/mol. The lowest BCUT2D eigenvalue weighted by Crippen LogP contribution is -2.46. The van der Waals surface area contributed by atoms with Gasteiger partial charge >= 0.3 is 0 Å². The highest BCUT2D eigenvalue weighted by Gasteiger charge is 2.24. The highest BCUT2D eigenvalue weighted by Crippen LogP contribution is 2.28. The minimum Gasteiger partial charge on any atom is -0.350 e. The van der Waals surface area contributed by atoms with Crippen LogP contribution in [0.1, 0.15) is 49.9 Å². The Bertz CT molecular complexity index is 1030. The Hall–Kier alpha value is -2.51. The number of halogens is 1. The molecule has 1 unspecified atom stereocenters. The van der Waals surface area contributed by atoms with Gasteiger partial charge in [-0.15, -0.1) is 0 Å². The van der Waals surface area contributed by atoms with Crippen LogP contribution in [0.3, 0.4) is 0 Å². The molecular formula is C23H29ClN6O. The van der Waals surface area contributed by atoms with Crippen molar-refractivity contribution in [3.05, 3.63) is 47.5 Å². The number of nitrogens with zero attached hydrogens (tertiary/aromatic N) is 5. The monoisotopic (exact) mass is 440 g/mol. The maximum Gasteiger partial charge on any atom is 0.253 e. The molecule has 0 saturated carbocycles. The molecule has 31 heavy (non-hydrogen) atoms. The molecule has 1 aliphatic rings. The second-order valence-electron chi connectivity index (χ2n) is 8.54. The van der Waals surface area contributed by atoms with Crippen molar-refractivity contribution in [3.63, 3.8) is 0 Å². The summed E-state index contributed by atoms with van der Waals surface area (Å²) in [6.45, 7) is 7.29. The van der Waals surface area contributed by atoms with Gasteiger partial charge in [-0.3, -0.25) is 14.3 Å². The van der Waals surface area contributed by atoms with E-state index < -0.39 is 0 Å². The predicted octanol–water partition coefficient (Wildman–Crippen LogP) is 4.10. The molecule has 7 nitrogen and oxygen atoms in total. The molecule has 0 spiro atoms. The Morgan fingerprint density at radius 1 is 1.13 bits per heavy atom. The van der Waals surface area contributed by atoms with Crippen molar-refractivity contribution in [1.29, 1.82) is 0 Å². The van der Waals surface area contributed by atoms with Crippen LogP contribution in [-0.4, -0.2) is 56.0 Å². The number of carbonyl (C=O) groups is 1. The van der Waals surface area contributed by atoms with Gasteiger partial charge in [0.1, 0.15) is 5.65 Å². The Morgan fingerprint density at radius 2 is 1.87 bits per heavy atom. The number of piperidine rings is 1. The molecule has 1 atom stereocenters. The van der Waals surface area contributed by atoms with Gasteiger partial charge in [0.2, 0.25) is 5.95 Å². The predicted molar refractivity (Wildman–Crippen MR) is 123 cm³/mol. The fourth-order valence-corrected chi connectivity index (χ4v) is 4.59. The van der Waals surface area contributed by atoms with Gasteiger partial charge in [-0.2, -0.15) is 0 Å². The molecule has 1 saturated heterocycles. The summed E-state index contributed by atoms with van der Waals surface area (Å²) in [5, 5.41) is 4.27. The van der Waals surface area contributed by atoms with Crippen molar-refractivity contribution in [1.82, 2.24) is 29.7 Å². The van der Waals surface area contributed by atoms with E-state index in [2.05, 4.69) is 39.0 Å². The van der Waals surface area contributed by atoms with Gasteiger partial charge in [0.05, 0.1) is 16.0 Å². The van der Waals surface area contributed by atoms with Crippen LogP contribution in [0.2, 0.25) is 5.02 Å². The Morgan fingerprint density at radius 3 is 2.58 bits per heavy atom. The molecule has 1 amide bonds. The van der Waals surface area contributed by atoms with Crippen molar-refractivity contribution in [3.8, 4) is 5.95 Å². The molecule has 0 aliphatic carbocycles. The van der Waals surface area contributed by atoms with E-state index >= 15 is 0 Å². The van der Waals surface area contributed by atoms with Crippen molar-refractivity contribution < 1.29 is 4.79 Å². The van der Waals surface area contributed by atoms with Crippen LogP contribution in [0.4, 0.5) is 0 Å². The van der Waals surface area contributed by atoms with Crippen molar-refractivity contribution in [2.45, 2.75) is 45.6 Å². The van der Waals surface area contributed by atoms with Crippen molar-refractivity contribution in [2.75, 3.05) is 19.6 Å². The van der Waals surface area contributed by atoms with Crippen molar-refractivity contribution in [2.24, 2.45) is 5.92 Å². The Labute approximate surface area is 187 Å². The van der Waals surface area contributed by atoms with Crippen molar-refractivity contribution >= 4 is 28.5 Å². The van der Waals surface area contributed by atoms with Crippen LogP contribution in [0.5, 0.6) is 0 Å². The molecule has 164 valence electrons.